The average Bonchev–Trinajstić information content (AvgIpc) is 2.15. The maximum absolute atomic E-state index is 11.9. The van der Waals surface area contributed by atoms with Gasteiger partial charge in [-0.3, -0.25) is 4.79 Å². The van der Waals surface area contributed by atoms with Gasteiger partial charge in [0, 0.05) is 0 Å². The SMILES string of the molecule is COC(=O)Cc1cccc(OC(F)(F)F)c1. The van der Waals surface area contributed by atoms with Crippen LogP contribution in [0.5, 0.6) is 5.75 Å². The maximum atomic E-state index is 11.9. The monoisotopic (exact) mass is 234 g/mol. The van der Waals surface area contributed by atoms with Crippen molar-refractivity contribution >= 4 is 5.97 Å². The van der Waals surface area contributed by atoms with Crippen molar-refractivity contribution in [2.45, 2.75) is 12.8 Å². The van der Waals surface area contributed by atoms with Gasteiger partial charge in [0.25, 0.3) is 0 Å². The van der Waals surface area contributed by atoms with Crippen LogP contribution < -0.4 is 4.74 Å². The standard InChI is InChI=1S/C10H9F3O3/c1-15-9(14)6-7-3-2-4-8(5-7)16-10(11,12)13/h2-5H,6H2,1H3. The molecule has 0 N–H and O–H groups in total. The average molecular weight is 234 g/mol. The van der Waals surface area contributed by atoms with Crippen LogP contribution in [0.4, 0.5) is 13.2 Å². The Bertz CT molecular complexity index is 374. The highest BCUT2D eigenvalue weighted by Crippen LogP contribution is 2.23. The third-order valence-corrected chi connectivity index (χ3v) is 1.71. The van der Waals surface area contributed by atoms with Gasteiger partial charge < -0.3 is 9.47 Å². The minimum atomic E-state index is -4.73. The first-order valence-corrected chi connectivity index (χ1v) is 4.32. The summed E-state index contributed by atoms with van der Waals surface area (Å²) in [5.41, 5.74) is 0.397. The van der Waals surface area contributed by atoms with Gasteiger partial charge in [-0.05, 0) is 17.7 Å². The molecule has 0 aromatic heterocycles. The molecule has 6 heteroatoms. The molecule has 16 heavy (non-hydrogen) atoms. The normalized spacial score (nSPS) is 11.0. The van der Waals surface area contributed by atoms with Crippen LogP contribution in [0.2, 0.25) is 0 Å². The second-order valence-corrected chi connectivity index (χ2v) is 2.95. The summed E-state index contributed by atoms with van der Waals surface area (Å²) in [7, 11) is 1.21. The topological polar surface area (TPSA) is 35.5 Å². The molecule has 3 nitrogen and oxygen atoms in total. The molecule has 0 radical (unpaired) electrons. The first-order valence-electron chi connectivity index (χ1n) is 4.32. The van der Waals surface area contributed by atoms with E-state index in [1.165, 1.54) is 19.2 Å². The van der Waals surface area contributed by atoms with Gasteiger partial charge in [-0.1, -0.05) is 12.1 Å². The summed E-state index contributed by atoms with van der Waals surface area (Å²) >= 11 is 0. The Morgan fingerprint density at radius 2 is 2.06 bits per heavy atom. The summed E-state index contributed by atoms with van der Waals surface area (Å²) in [6.45, 7) is 0. The molecule has 0 unspecified atom stereocenters. The molecule has 0 atom stereocenters. The number of esters is 1. The molecule has 0 fully saturated rings. The summed E-state index contributed by atoms with van der Waals surface area (Å²) < 4.78 is 43.8. The second kappa shape index (κ2) is 4.87. The number of benzene rings is 1. The third kappa shape index (κ3) is 4.20. The number of methoxy groups -OCH3 is 1. The van der Waals surface area contributed by atoms with Crippen LogP contribution in [0, 0.1) is 0 Å². The van der Waals surface area contributed by atoms with Crippen LogP contribution in [-0.4, -0.2) is 19.4 Å². The summed E-state index contributed by atoms with van der Waals surface area (Å²) in [4.78, 5) is 10.9. The summed E-state index contributed by atoms with van der Waals surface area (Å²) in [6.07, 6.45) is -4.82. The van der Waals surface area contributed by atoms with Crippen LogP contribution >= 0.6 is 0 Å². The van der Waals surface area contributed by atoms with E-state index in [1.54, 1.807) is 0 Å². The number of halogens is 3. The quantitative estimate of drug-likeness (QED) is 0.753. The molecule has 1 rings (SSSR count). The molecular formula is C10H9F3O3. The number of carbonyl (C=O) groups excluding carboxylic acids is 1. The molecule has 1 aromatic rings. The van der Waals surface area contributed by atoms with Crippen molar-refractivity contribution in [3.05, 3.63) is 29.8 Å². The van der Waals surface area contributed by atoms with Crippen molar-refractivity contribution in [2.24, 2.45) is 0 Å². The number of ether oxygens (including phenoxy) is 2. The van der Waals surface area contributed by atoms with Gasteiger partial charge >= 0.3 is 12.3 Å². The minimum absolute atomic E-state index is 0.0917. The Balaban J connectivity index is 2.75. The molecule has 0 saturated carbocycles. The highest BCUT2D eigenvalue weighted by molar-refractivity contribution is 5.72. The minimum Gasteiger partial charge on any atom is -0.469 e. The van der Waals surface area contributed by atoms with E-state index in [4.69, 9.17) is 0 Å². The van der Waals surface area contributed by atoms with Crippen molar-refractivity contribution in [2.75, 3.05) is 7.11 Å². The molecular weight excluding hydrogens is 225 g/mol. The van der Waals surface area contributed by atoms with E-state index in [9.17, 15) is 18.0 Å². The Kier molecular flexibility index (Phi) is 3.76. The Morgan fingerprint density at radius 3 is 2.62 bits per heavy atom. The fourth-order valence-electron chi connectivity index (χ4n) is 1.09. The van der Waals surface area contributed by atoms with Crippen LogP contribution in [-0.2, 0) is 16.0 Å². The van der Waals surface area contributed by atoms with E-state index in [2.05, 4.69) is 9.47 Å². The van der Waals surface area contributed by atoms with E-state index in [1.807, 2.05) is 0 Å². The zero-order chi connectivity index (χ0) is 12.2. The van der Waals surface area contributed by atoms with Gasteiger partial charge in [0.2, 0.25) is 0 Å². The molecule has 0 aliphatic rings. The smallest absolute Gasteiger partial charge is 0.469 e. The van der Waals surface area contributed by atoms with E-state index < -0.39 is 12.3 Å². The van der Waals surface area contributed by atoms with Gasteiger partial charge in [0.1, 0.15) is 5.75 Å². The zero-order valence-corrected chi connectivity index (χ0v) is 8.38. The Morgan fingerprint density at radius 1 is 1.38 bits per heavy atom. The fourth-order valence-corrected chi connectivity index (χ4v) is 1.09. The molecule has 0 aliphatic carbocycles. The number of alkyl halides is 3. The van der Waals surface area contributed by atoms with Crippen LogP contribution in [0.1, 0.15) is 5.56 Å². The highest BCUT2D eigenvalue weighted by Gasteiger charge is 2.31. The van der Waals surface area contributed by atoms with E-state index in [0.717, 1.165) is 12.1 Å². The third-order valence-electron chi connectivity index (χ3n) is 1.71. The summed E-state index contributed by atoms with van der Waals surface area (Å²) in [5, 5.41) is 0. The molecule has 0 spiro atoms. The van der Waals surface area contributed by atoms with Gasteiger partial charge in [0.15, 0.2) is 0 Å². The van der Waals surface area contributed by atoms with Crippen molar-refractivity contribution in [3.8, 4) is 5.75 Å². The number of hydrogen-bond acceptors (Lipinski definition) is 3. The molecule has 0 saturated heterocycles. The summed E-state index contributed by atoms with van der Waals surface area (Å²) in [6, 6.07) is 5.19. The summed E-state index contributed by atoms with van der Waals surface area (Å²) in [5.74, 6) is -0.877. The first-order chi connectivity index (χ1) is 7.40. The number of rotatable bonds is 3. The van der Waals surface area contributed by atoms with Gasteiger partial charge in [-0.2, -0.15) is 0 Å². The van der Waals surface area contributed by atoms with Gasteiger partial charge in [-0.15, -0.1) is 13.2 Å². The van der Waals surface area contributed by atoms with E-state index >= 15 is 0 Å². The lowest BCUT2D eigenvalue weighted by atomic mass is 10.1. The second-order valence-electron chi connectivity index (χ2n) is 2.95. The lowest BCUT2D eigenvalue weighted by molar-refractivity contribution is -0.274. The first kappa shape index (κ1) is 12.4. The van der Waals surface area contributed by atoms with Crippen molar-refractivity contribution in [1.29, 1.82) is 0 Å². The molecule has 0 heterocycles. The Hall–Kier alpha value is -1.72. The number of hydrogen-bond donors (Lipinski definition) is 0. The molecule has 1 aromatic carbocycles. The zero-order valence-electron chi connectivity index (χ0n) is 8.38. The van der Waals surface area contributed by atoms with Crippen LogP contribution in [0.15, 0.2) is 24.3 Å². The predicted octanol–water partition coefficient (Wildman–Crippen LogP) is 2.30. The fraction of sp³-hybridized carbons (Fsp3) is 0.300. The molecule has 88 valence electrons. The van der Waals surface area contributed by atoms with Gasteiger partial charge in [0.05, 0.1) is 13.5 Å². The van der Waals surface area contributed by atoms with Crippen LogP contribution in [0.25, 0.3) is 0 Å². The molecule has 0 amide bonds. The maximum Gasteiger partial charge on any atom is 0.573 e. The lowest BCUT2D eigenvalue weighted by Crippen LogP contribution is -2.17. The Labute approximate surface area is 89.8 Å². The van der Waals surface area contributed by atoms with Crippen molar-refractivity contribution in [3.63, 3.8) is 0 Å². The van der Waals surface area contributed by atoms with Gasteiger partial charge in [-0.25, -0.2) is 0 Å². The highest BCUT2D eigenvalue weighted by atomic mass is 19.4. The largest absolute Gasteiger partial charge is 0.573 e. The molecule has 0 aliphatic heterocycles. The van der Waals surface area contributed by atoms with Crippen molar-refractivity contribution < 1.29 is 27.4 Å². The molecule has 0 bridgehead atoms. The lowest BCUT2D eigenvalue weighted by Gasteiger charge is -2.09. The van der Waals surface area contributed by atoms with E-state index in [0.29, 0.717) is 5.56 Å². The van der Waals surface area contributed by atoms with Crippen molar-refractivity contribution in [1.82, 2.24) is 0 Å². The predicted molar refractivity (Wildman–Crippen MR) is 48.8 cm³/mol. The van der Waals surface area contributed by atoms with E-state index in [-0.39, 0.29) is 12.2 Å². The number of carbonyl (C=O) groups is 1. The van der Waals surface area contributed by atoms with Crippen LogP contribution in [0.3, 0.4) is 0 Å².